The number of carbonyl (C=O) groups excluding carboxylic acids is 2. The zero-order valence-corrected chi connectivity index (χ0v) is 17.1. The van der Waals surface area contributed by atoms with Crippen molar-refractivity contribution in [1.29, 1.82) is 0 Å². The number of hydrogen-bond acceptors (Lipinski definition) is 5. The van der Waals surface area contributed by atoms with Gasteiger partial charge in [-0.2, -0.15) is 0 Å². The molecule has 1 aliphatic rings. The van der Waals surface area contributed by atoms with Gasteiger partial charge in [-0.05, 0) is 44.1 Å². The van der Waals surface area contributed by atoms with E-state index in [0.717, 1.165) is 18.4 Å². The molecule has 1 saturated heterocycles. The van der Waals surface area contributed by atoms with Crippen molar-refractivity contribution in [2.45, 2.75) is 57.3 Å². The molecule has 6 nitrogen and oxygen atoms in total. The highest BCUT2D eigenvalue weighted by Gasteiger charge is 2.33. The molecule has 2 rings (SSSR count). The zero-order chi connectivity index (χ0) is 21.1. The van der Waals surface area contributed by atoms with Gasteiger partial charge in [-0.15, -0.1) is 0 Å². The lowest BCUT2D eigenvalue weighted by molar-refractivity contribution is -0.169. The number of aliphatic hydroxyl groups is 1. The first-order valence-corrected chi connectivity index (χ1v) is 10.3. The van der Waals surface area contributed by atoms with Gasteiger partial charge in [-0.25, -0.2) is 4.79 Å². The van der Waals surface area contributed by atoms with Gasteiger partial charge in [0.1, 0.15) is 12.8 Å². The van der Waals surface area contributed by atoms with Crippen molar-refractivity contribution in [2.75, 3.05) is 26.9 Å². The summed E-state index contributed by atoms with van der Waals surface area (Å²) in [4.78, 5) is 25.6. The Kier molecular flexibility index (Phi) is 10.1. The van der Waals surface area contributed by atoms with Gasteiger partial charge in [0.2, 0.25) is 5.91 Å². The van der Waals surface area contributed by atoms with E-state index in [1.54, 1.807) is 4.90 Å². The van der Waals surface area contributed by atoms with E-state index in [1.165, 1.54) is 7.11 Å². The molecule has 1 fully saturated rings. The van der Waals surface area contributed by atoms with E-state index in [4.69, 9.17) is 4.74 Å². The van der Waals surface area contributed by atoms with Gasteiger partial charge < -0.3 is 19.5 Å². The van der Waals surface area contributed by atoms with Crippen LogP contribution in [-0.2, 0) is 25.5 Å². The van der Waals surface area contributed by atoms with E-state index in [1.807, 2.05) is 30.3 Å². The summed E-state index contributed by atoms with van der Waals surface area (Å²) in [6.45, 7) is -0.320. The second-order valence-electron chi connectivity index (χ2n) is 7.48. The number of aliphatic hydroxyl groups excluding tert-OH is 1. The van der Waals surface area contributed by atoms with Gasteiger partial charge in [0.25, 0.3) is 0 Å². The molecule has 0 bridgehead atoms. The maximum absolute atomic E-state index is 13.3. The largest absolute Gasteiger partial charge is 0.467 e. The molecule has 0 aromatic heterocycles. The van der Waals surface area contributed by atoms with Crippen LogP contribution in [0.2, 0.25) is 0 Å². The molecule has 1 heterocycles. The van der Waals surface area contributed by atoms with Crippen LogP contribution in [0.5, 0.6) is 0 Å². The highest BCUT2D eigenvalue weighted by molar-refractivity contribution is 5.77. The Balaban J connectivity index is 2.03. The van der Waals surface area contributed by atoms with Crippen LogP contribution in [0.25, 0.3) is 0 Å². The summed E-state index contributed by atoms with van der Waals surface area (Å²) < 4.78 is 23.7. The highest BCUT2D eigenvalue weighted by atomic mass is 19.1. The van der Waals surface area contributed by atoms with Crippen molar-refractivity contribution in [3.05, 3.63) is 35.9 Å². The van der Waals surface area contributed by atoms with Gasteiger partial charge in [0.05, 0.1) is 19.9 Å². The number of halogens is 1. The Morgan fingerprint density at radius 1 is 1.21 bits per heavy atom. The van der Waals surface area contributed by atoms with Crippen molar-refractivity contribution in [2.24, 2.45) is 5.92 Å². The predicted molar refractivity (Wildman–Crippen MR) is 107 cm³/mol. The van der Waals surface area contributed by atoms with Crippen molar-refractivity contribution in [3.8, 4) is 0 Å². The summed E-state index contributed by atoms with van der Waals surface area (Å²) in [7, 11) is 1.27. The number of benzene rings is 1. The Morgan fingerprint density at radius 2 is 1.97 bits per heavy atom. The molecule has 7 heteroatoms. The van der Waals surface area contributed by atoms with Gasteiger partial charge in [-0.1, -0.05) is 30.3 Å². The number of alkyl halides is 1. The first-order chi connectivity index (χ1) is 14.0. The van der Waals surface area contributed by atoms with Crippen LogP contribution in [0.4, 0.5) is 4.39 Å². The zero-order valence-electron chi connectivity index (χ0n) is 17.1. The number of amides is 1. The van der Waals surface area contributed by atoms with Crippen LogP contribution >= 0.6 is 0 Å². The number of hydrogen-bond donors (Lipinski definition) is 1. The number of nitrogens with zero attached hydrogens (tertiary/aromatic N) is 1. The molecule has 1 aromatic rings. The number of piperidine rings is 1. The normalized spacial score (nSPS) is 17.6. The average molecular weight is 409 g/mol. The molecular weight excluding hydrogens is 377 g/mol. The van der Waals surface area contributed by atoms with E-state index in [9.17, 15) is 19.1 Å². The summed E-state index contributed by atoms with van der Waals surface area (Å²) in [6, 6.07) is 9.68. The lowest BCUT2D eigenvalue weighted by atomic mass is 9.92. The van der Waals surface area contributed by atoms with Crippen LogP contribution in [0.15, 0.2) is 30.3 Å². The van der Waals surface area contributed by atoms with Gasteiger partial charge in [0.15, 0.2) is 0 Å². The number of esters is 1. The quantitative estimate of drug-likeness (QED) is 0.537. The first kappa shape index (κ1) is 23.3. The summed E-state index contributed by atoms with van der Waals surface area (Å²) in [5.41, 5.74) is 1.03. The summed E-state index contributed by atoms with van der Waals surface area (Å²) in [5, 5.41) is 10.4. The average Bonchev–Trinajstić information content (AvgIpc) is 2.73. The fourth-order valence-corrected chi connectivity index (χ4v) is 3.75. The molecule has 1 aromatic carbocycles. The van der Waals surface area contributed by atoms with E-state index in [2.05, 4.69) is 4.74 Å². The van der Waals surface area contributed by atoms with E-state index in [-0.39, 0.29) is 24.9 Å². The molecule has 0 aliphatic carbocycles. The van der Waals surface area contributed by atoms with Crippen LogP contribution in [0.1, 0.15) is 44.1 Å². The van der Waals surface area contributed by atoms with Crippen molar-refractivity contribution in [3.63, 3.8) is 0 Å². The molecule has 2 unspecified atom stereocenters. The number of likely N-dealkylation sites (tertiary alicyclic amines) is 1. The Bertz CT molecular complexity index is 627. The molecule has 1 N–H and O–H groups in total. The van der Waals surface area contributed by atoms with Crippen LogP contribution < -0.4 is 0 Å². The van der Waals surface area contributed by atoms with Gasteiger partial charge in [0, 0.05) is 18.9 Å². The molecular formula is C22H32FNO5. The lowest BCUT2D eigenvalue weighted by Crippen LogP contribution is -2.49. The maximum atomic E-state index is 13.3. The minimum Gasteiger partial charge on any atom is -0.467 e. The number of methoxy groups -OCH3 is 1. The van der Waals surface area contributed by atoms with Crippen molar-refractivity contribution < 1.29 is 28.6 Å². The Labute approximate surface area is 172 Å². The molecule has 3 atom stereocenters. The van der Waals surface area contributed by atoms with Crippen molar-refractivity contribution >= 4 is 11.9 Å². The predicted octanol–water partition coefficient (Wildman–Crippen LogP) is 2.87. The van der Waals surface area contributed by atoms with E-state index in [0.29, 0.717) is 32.2 Å². The smallest absolute Gasteiger partial charge is 0.331 e. The second-order valence-corrected chi connectivity index (χ2v) is 7.48. The summed E-state index contributed by atoms with van der Waals surface area (Å²) in [6.07, 6.45) is 2.50. The number of rotatable bonds is 12. The first-order valence-electron chi connectivity index (χ1n) is 10.3. The SMILES string of the molecule is COC(=O)CO[C@H](C(CCF)CCC(O)Cc1ccccc1)N1CCCCC1=O. The molecule has 1 aliphatic heterocycles. The fourth-order valence-electron chi connectivity index (χ4n) is 3.75. The van der Waals surface area contributed by atoms with Gasteiger partial charge >= 0.3 is 5.97 Å². The molecule has 29 heavy (non-hydrogen) atoms. The minimum atomic E-state index is -0.693. The Morgan fingerprint density at radius 3 is 2.62 bits per heavy atom. The molecule has 1 amide bonds. The third-order valence-corrected chi connectivity index (χ3v) is 5.33. The van der Waals surface area contributed by atoms with Crippen LogP contribution in [0.3, 0.4) is 0 Å². The standard InChI is InChI=1S/C22H32FNO5/c1-28-21(27)16-29-22(24-14-6-5-9-20(24)26)18(12-13-23)10-11-19(25)15-17-7-3-2-4-8-17/h2-4,7-8,18-19,22,25H,5-6,9-16H2,1H3/t18?,19?,22-/m1/s1. The number of carbonyl (C=O) groups is 2. The minimum absolute atomic E-state index is 0.0418. The van der Waals surface area contributed by atoms with Crippen molar-refractivity contribution in [1.82, 2.24) is 4.90 Å². The second kappa shape index (κ2) is 12.5. The summed E-state index contributed by atoms with van der Waals surface area (Å²) in [5.74, 6) is -0.889. The van der Waals surface area contributed by atoms with E-state index >= 15 is 0 Å². The third kappa shape index (κ3) is 7.74. The monoisotopic (exact) mass is 409 g/mol. The Hall–Kier alpha value is -1.99. The van der Waals surface area contributed by atoms with Gasteiger partial charge in [-0.3, -0.25) is 9.18 Å². The topological polar surface area (TPSA) is 76.1 Å². The molecule has 0 radical (unpaired) electrons. The highest BCUT2D eigenvalue weighted by Crippen LogP contribution is 2.27. The maximum Gasteiger partial charge on any atom is 0.331 e. The number of ether oxygens (including phenoxy) is 2. The lowest BCUT2D eigenvalue weighted by Gasteiger charge is -2.38. The molecule has 0 saturated carbocycles. The third-order valence-electron chi connectivity index (χ3n) is 5.33. The van der Waals surface area contributed by atoms with Crippen LogP contribution in [-0.4, -0.2) is 61.2 Å². The molecule has 0 spiro atoms. The fraction of sp³-hybridized carbons (Fsp3) is 0.636. The molecule has 162 valence electrons. The summed E-state index contributed by atoms with van der Waals surface area (Å²) >= 11 is 0. The van der Waals surface area contributed by atoms with Crippen LogP contribution in [0, 0.1) is 5.92 Å². The van der Waals surface area contributed by atoms with E-state index < -0.39 is 25.0 Å².